The third kappa shape index (κ3) is 4.00. The minimum absolute atomic E-state index is 0.129. The van der Waals surface area contributed by atoms with E-state index >= 15 is 0 Å². The number of nitrogens with one attached hydrogen (secondary N) is 1. The summed E-state index contributed by atoms with van der Waals surface area (Å²) in [6, 6.07) is 9.97. The van der Waals surface area contributed by atoms with Gasteiger partial charge in [0, 0.05) is 11.6 Å². The Kier molecular flexibility index (Phi) is 4.59. The largest absolute Gasteiger partial charge is 0.506 e. The highest BCUT2D eigenvalue weighted by molar-refractivity contribution is 5.95. The standard InChI is InChI=1S/C18H20FNO3/c1-11-13(19)10-14(21)16(20-17(22)23-18(2,3)4)15(11)12-8-6-5-7-9-12/h5-10,21H,1-4H3,(H,20,22). The molecule has 2 aromatic rings. The van der Waals surface area contributed by atoms with Crippen molar-refractivity contribution in [3.05, 3.63) is 47.8 Å². The second-order valence-electron chi connectivity index (χ2n) is 6.25. The second kappa shape index (κ2) is 6.28. The van der Waals surface area contributed by atoms with Crippen molar-refractivity contribution in [3.8, 4) is 16.9 Å². The molecule has 0 atom stereocenters. The van der Waals surface area contributed by atoms with Gasteiger partial charge in [-0.1, -0.05) is 30.3 Å². The third-order valence-corrected chi connectivity index (χ3v) is 3.19. The molecule has 0 fully saturated rings. The maximum atomic E-state index is 14.0. The zero-order valence-corrected chi connectivity index (χ0v) is 13.6. The summed E-state index contributed by atoms with van der Waals surface area (Å²) in [6.07, 6.45) is -0.712. The van der Waals surface area contributed by atoms with E-state index < -0.39 is 17.5 Å². The fraction of sp³-hybridized carbons (Fsp3) is 0.278. The number of hydrogen-bond acceptors (Lipinski definition) is 3. The van der Waals surface area contributed by atoms with Crippen LogP contribution in [0.5, 0.6) is 5.75 Å². The molecule has 2 aromatic carbocycles. The van der Waals surface area contributed by atoms with E-state index in [1.807, 2.05) is 6.07 Å². The van der Waals surface area contributed by atoms with Crippen molar-refractivity contribution in [2.75, 3.05) is 5.32 Å². The van der Waals surface area contributed by atoms with Gasteiger partial charge in [-0.3, -0.25) is 5.32 Å². The van der Waals surface area contributed by atoms with Gasteiger partial charge in [0.15, 0.2) is 0 Å². The first-order valence-corrected chi connectivity index (χ1v) is 7.26. The number of carbonyl (C=O) groups excluding carboxylic acids is 1. The van der Waals surface area contributed by atoms with Crippen LogP contribution in [0.15, 0.2) is 36.4 Å². The smallest absolute Gasteiger partial charge is 0.412 e. The molecule has 2 N–H and O–H groups in total. The number of halogens is 1. The van der Waals surface area contributed by atoms with Crippen molar-refractivity contribution in [1.29, 1.82) is 0 Å². The molecule has 0 aliphatic carbocycles. The predicted octanol–water partition coefficient (Wildman–Crippen LogP) is 4.85. The maximum absolute atomic E-state index is 14.0. The van der Waals surface area contributed by atoms with E-state index in [0.29, 0.717) is 16.7 Å². The summed E-state index contributed by atoms with van der Waals surface area (Å²) >= 11 is 0. The van der Waals surface area contributed by atoms with Gasteiger partial charge in [-0.15, -0.1) is 0 Å². The molecular weight excluding hydrogens is 297 g/mol. The number of anilines is 1. The van der Waals surface area contributed by atoms with Gasteiger partial charge in [0.1, 0.15) is 17.2 Å². The van der Waals surface area contributed by atoms with Crippen LogP contribution in [0.4, 0.5) is 14.9 Å². The molecule has 122 valence electrons. The minimum atomic E-state index is -0.712. The van der Waals surface area contributed by atoms with Crippen LogP contribution >= 0.6 is 0 Å². The molecule has 4 nitrogen and oxygen atoms in total. The highest BCUT2D eigenvalue weighted by Crippen LogP contribution is 2.39. The molecule has 5 heteroatoms. The summed E-state index contributed by atoms with van der Waals surface area (Å²) in [7, 11) is 0. The van der Waals surface area contributed by atoms with Crippen LogP contribution in [0.2, 0.25) is 0 Å². The van der Waals surface area contributed by atoms with Gasteiger partial charge in [0.05, 0.1) is 5.69 Å². The average molecular weight is 317 g/mol. The SMILES string of the molecule is Cc1c(F)cc(O)c(NC(=O)OC(C)(C)C)c1-c1ccccc1. The number of amides is 1. The predicted molar refractivity (Wildman–Crippen MR) is 88.1 cm³/mol. The molecule has 0 bridgehead atoms. The van der Waals surface area contributed by atoms with E-state index in [0.717, 1.165) is 6.07 Å². The van der Waals surface area contributed by atoms with Crippen LogP contribution in [-0.2, 0) is 4.74 Å². The molecule has 0 saturated carbocycles. The molecular formula is C18H20FNO3. The summed E-state index contributed by atoms with van der Waals surface area (Å²) in [5.74, 6) is -0.895. The van der Waals surface area contributed by atoms with Crippen molar-refractivity contribution in [2.45, 2.75) is 33.3 Å². The number of hydrogen-bond donors (Lipinski definition) is 2. The molecule has 0 spiro atoms. The minimum Gasteiger partial charge on any atom is -0.506 e. The van der Waals surface area contributed by atoms with Gasteiger partial charge in [-0.25, -0.2) is 9.18 Å². The van der Waals surface area contributed by atoms with Crippen LogP contribution in [0, 0.1) is 12.7 Å². The van der Waals surface area contributed by atoms with Crippen LogP contribution in [0.25, 0.3) is 11.1 Å². The molecule has 2 rings (SSSR count). The first-order valence-electron chi connectivity index (χ1n) is 7.26. The molecule has 1 amide bonds. The highest BCUT2D eigenvalue weighted by atomic mass is 19.1. The molecule has 0 unspecified atom stereocenters. The Labute approximate surface area is 134 Å². The number of phenolic OH excluding ortho intramolecular Hbond substituents is 1. The van der Waals surface area contributed by atoms with Crippen molar-refractivity contribution < 1.29 is 19.0 Å². The van der Waals surface area contributed by atoms with Crippen LogP contribution in [0.1, 0.15) is 26.3 Å². The number of phenols is 1. The Balaban J connectivity index is 2.51. The summed E-state index contributed by atoms with van der Waals surface area (Å²) in [5, 5.41) is 12.6. The van der Waals surface area contributed by atoms with Gasteiger partial charge in [-0.2, -0.15) is 0 Å². The number of carbonyl (C=O) groups is 1. The van der Waals surface area contributed by atoms with Crippen LogP contribution in [0.3, 0.4) is 0 Å². The van der Waals surface area contributed by atoms with E-state index in [2.05, 4.69) is 5.32 Å². The summed E-state index contributed by atoms with van der Waals surface area (Å²) in [6.45, 7) is 6.80. The van der Waals surface area contributed by atoms with Gasteiger partial charge in [-0.05, 0) is 38.8 Å². The lowest BCUT2D eigenvalue weighted by Gasteiger charge is -2.21. The number of rotatable bonds is 2. The molecule has 23 heavy (non-hydrogen) atoms. The lowest BCUT2D eigenvalue weighted by Crippen LogP contribution is -2.27. The van der Waals surface area contributed by atoms with Crippen LogP contribution < -0.4 is 5.32 Å². The number of benzene rings is 2. The molecule has 0 aromatic heterocycles. The van der Waals surface area contributed by atoms with E-state index in [9.17, 15) is 14.3 Å². The zero-order valence-electron chi connectivity index (χ0n) is 13.6. The van der Waals surface area contributed by atoms with E-state index in [-0.39, 0.29) is 11.4 Å². The third-order valence-electron chi connectivity index (χ3n) is 3.19. The molecule has 0 saturated heterocycles. The molecule has 0 aliphatic rings. The Morgan fingerprint density at radius 3 is 2.39 bits per heavy atom. The lowest BCUT2D eigenvalue weighted by molar-refractivity contribution is 0.0635. The van der Waals surface area contributed by atoms with Gasteiger partial charge in [0.25, 0.3) is 0 Å². The van der Waals surface area contributed by atoms with Crippen molar-refractivity contribution in [3.63, 3.8) is 0 Å². The highest BCUT2D eigenvalue weighted by Gasteiger charge is 2.22. The topological polar surface area (TPSA) is 58.6 Å². The summed E-state index contributed by atoms with van der Waals surface area (Å²) < 4.78 is 19.2. The number of ether oxygens (including phenoxy) is 1. The second-order valence-corrected chi connectivity index (χ2v) is 6.25. The normalized spacial score (nSPS) is 11.2. The monoisotopic (exact) mass is 317 g/mol. The quantitative estimate of drug-likeness (QED) is 0.778. The fourth-order valence-electron chi connectivity index (χ4n) is 2.23. The molecule has 0 aliphatic heterocycles. The van der Waals surface area contributed by atoms with E-state index in [1.54, 1.807) is 52.0 Å². The fourth-order valence-corrected chi connectivity index (χ4v) is 2.23. The lowest BCUT2D eigenvalue weighted by atomic mass is 9.97. The Bertz CT molecular complexity index is 721. The first-order chi connectivity index (χ1) is 10.7. The Morgan fingerprint density at radius 2 is 1.83 bits per heavy atom. The van der Waals surface area contributed by atoms with Gasteiger partial charge in [0.2, 0.25) is 0 Å². The Morgan fingerprint density at radius 1 is 1.22 bits per heavy atom. The van der Waals surface area contributed by atoms with Crippen LogP contribution in [-0.4, -0.2) is 16.8 Å². The molecule has 0 radical (unpaired) electrons. The van der Waals surface area contributed by atoms with E-state index in [4.69, 9.17) is 4.74 Å². The van der Waals surface area contributed by atoms with Crippen molar-refractivity contribution in [1.82, 2.24) is 0 Å². The first kappa shape index (κ1) is 16.8. The average Bonchev–Trinajstić information content (AvgIpc) is 2.44. The molecule has 0 heterocycles. The zero-order chi connectivity index (χ0) is 17.2. The summed E-state index contributed by atoms with van der Waals surface area (Å²) in [5.41, 5.74) is 0.894. The van der Waals surface area contributed by atoms with Gasteiger partial charge < -0.3 is 9.84 Å². The Hall–Kier alpha value is -2.56. The van der Waals surface area contributed by atoms with E-state index in [1.165, 1.54) is 0 Å². The van der Waals surface area contributed by atoms with Gasteiger partial charge >= 0.3 is 6.09 Å². The number of aromatic hydroxyl groups is 1. The van der Waals surface area contributed by atoms with Crippen molar-refractivity contribution in [2.24, 2.45) is 0 Å². The van der Waals surface area contributed by atoms with Crippen molar-refractivity contribution >= 4 is 11.8 Å². The maximum Gasteiger partial charge on any atom is 0.412 e. The summed E-state index contributed by atoms with van der Waals surface area (Å²) in [4.78, 5) is 12.0.